The van der Waals surface area contributed by atoms with Gasteiger partial charge in [-0.2, -0.15) is 5.26 Å². The number of hydrogen-bond donors (Lipinski definition) is 1. The molecule has 1 aromatic carbocycles. The zero-order valence-electron chi connectivity index (χ0n) is 9.64. The van der Waals surface area contributed by atoms with E-state index >= 15 is 0 Å². The molecule has 1 rings (SSSR count). The van der Waals surface area contributed by atoms with Crippen LogP contribution in [-0.4, -0.2) is 25.3 Å². The Bertz CT molecular complexity index is 450. The fourth-order valence-electron chi connectivity index (χ4n) is 1.52. The van der Waals surface area contributed by atoms with Crippen molar-refractivity contribution in [3.63, 3.8) is 0 Å². The number of nitriles is 1. The summed E-state index contributed by atoms with van der Waals surface area (Å²) in [5.41, 5.74) is 0.640. The molecule has 0 saturated carbocycles. The Morgan fingerprint density at radius 3 is 2.65 bits per heavy atom. The van der Waals surface area contributed by atoms with Crippen molar-refractivity contribution in [1.29, 1.82) is 5.26 Å². The summed E-state index contributed by atoms with van der Waals surface area (Å²) in [6.45, 7) is 0. The van der Waals surface area contributed by atoms with E-state index in [-0.39, 0.29) is 6.42 Å². The molecular formula is C12H13NO4. The lowest BCUT2D eigenvalue weighted by atomic mass is 10.00. The van der Waals surface area contributed by atoms with Crippen LogP contribution in [0.5, 0.6) is 11.5 Å². The van der Waals surface area contributed by atoms with Gasteiger partial charge in [-0.25, -0.2) is 0 Å². The van der Waals surface area contributed by atoms with Crippen LogP contribution in [-0.2, 0) is 11.2 Å². The molecular weight excluding hydrogens is 222 g/mol. The van der Waals surface area contributed by atoms with E-state index in [4.69, 9.17) is 19.8 Å². The zero-order valence-corrected chi connectivity index (χ0v) is 9.64. The summed E-state index contributed by atoms with van der Waals surface area (Å²) in [7, 11) is 2.98. The van der Waals surface area contributed by atoms with Gasteiger partial charge in [-0.1, -0.05) is 12.1 Å². The minimum absolute atomic E-state index is 0.0895. The third kappa shape index (κ3) is 2.88. The van der Waals surface area contributed by atoms with Gasteiger partial charge in [0.15, 0.2) is 11.5 Å². The Balaban J connectivity index is 3.06. The predicted octanol–water partition coefficient (Wildman–Crippen LogP) is 1.47. The number of methoxy groups -OCH3 is 2. The van der Waals surface area contributed by atoms with Crippen molar-refractivity contribution >= 4 is 5.97 Å². The average Bonchev–Trinajstić information content (AvgIpc) is 2.34. The number of para-hydroxylation sites is 1. The van der Waals surface area contributed by atoms with E-state index in [1.54, 1.807) is 24.3 Å². The molecule has 1 aromatic rings. The SMILES string of the molecule is COc1cccc(CC(C#N)C(=O)O)c1OC. The van der Waals surface area contributed by atoms with Crippen LogP contribution in [0.15, 0.2) is 18.2 Å². The highest BCUT2D eigenvalue weighted by Gasteiger charge is 2.20. The van der Waals surface area contributed by atoms with Gasteiger partial charge in [0.2, 0.25) is 0 Å². The molecule has 0 amide bonds. The summed E-state index contributed by atoms with van der Waals surface area (Å²) in [6.07, 6.45) is 0.0895. The maximum atomic E-state index is 10.8. The van der Waals surface area contributed by atoms with E-state index < -0.39 is 11.9 Å². The van der Waals surface area contributed by atoms with Crippen LogP contribution in [0.2, 0.25) is 0 Å². The zero-order chi connectivity index (χ0) is 12.8. The third-order valence-electron chi connectivity index (χ3n) is 2.36. The van der Waals surface area contributed by atoms with Crippen LogP contribution in [0.3, 0.4) is 0 Å². The van der Waals surface area contributed by atoms with E-state index in [1.807, 2.05) is 0 Å². The van der Waals surface area contributed by atoms with Crippen molar-refractivity contribution in [2.75, 3.05) is 14.2 Å². The van der Waals surface area contributed by atoms with Crippen molar-refractivity contribution in [3.05, 3.63) is 23.8 Å². The number of hydrogen-bond acceptors (Lipinski definition) is 4. The minimum atomic E-state index is -1.14. The van der Waals surface area contributed by atoms with Crippen molar-refractivity contribution in [2.24, 2.45) is 5.92 Å². The number of carboxylic acids is 1. The molecule has 0 radical (unpaired) electrons. The smallest absolute Gasteiger partial charge is 0.321 e. The van der Waals surface area contributed by atoms with E-state index in [0.29, 0.717) is 17.1 Å². The summed E-state index contributed by atoms with van der Waals surface area (Å²) in [6, 6.07) is 6.90. The quantitative estimate of drug-likeness (QED) is 0.835. The summed E-state index contributed by atoms with van der Waals surface area (Å²) in [5, 5.41) is 17.6. The van der Waals surface area contributed by atoms with Gasteiger partial charge >= 0.3 is 5.97 Å². The highest BCUT2D eigenvalue weighted by molar-refractivity contribution is 5.73. The molecule has 0 bridgehead atoms. The standard InChI is InChI=1S/C12H13NO4/c1-16-10-5-3-4-8(11(10)17-2)6-9(7-13)12(14)15/h3-5,9H,6H2,1-2H3,(H,14,15). The molecule has 5 heteroatoms. The van der Waals surface area contributed by atoms with Gasteiger partial charge in [-0.3, -0.25) is 4.79 Å². The van der Waals surface area contributed by atoms with Gasteiger partial charge in [0.05, 0.1) is 20.3 Å². The normalized spacial score (nSPS) is 11.4. The number of rotatable bonds is 5. The topological polar surface area (TPSA) is 79.5 Å². The highest BCUT2D eigenvalue weighted by Crippen LogP contribution is 2.32. The van der Waals surface area contributed by atoms with Gasteiger partial charge in [-0.15, -0.1) is 0 Å². The average molecular weight is 235 g/mol. The third-order valence-corrected chi connectivity index (χ3v) is 2.36. The van der Waals surface area contributed by atoms with Crippen LogP contribution in [0.4, 0.5) is 0 Å². The Labute approximate surface area is 99.2 Å². The number of aliphatic carboxylic acids is 1. The van der Waals surface area contributed by atoms with Crippen LogP contribution >= 0.6 is 0 Å². The first-order valence-electron chi connectivity index (χ1n) is 4.96. The molecule has 0 aliphatic carbocycles. The monoisotopic (exact) mass is 235 g/mol. The number of ether oxygens (including phenoxy) is 2. The van der Waals surface area contributed by atoms with E-state index in [9.17, 15) is 4.79 Å². The Kier molecular flexibility index (Phi) is 4.35. The molecule has 0 aliphatic rings. The van der Waals surface area contributed by atoms with Crippen LogP contribution in [0.1, 0.15) is 5.56 Å². The molecule has 1 N–H and O–H groups in total. The molecule has 0 fully saturated rings. The summed E-state index contributed by atoms with van der Waals surface area (Å²) < 4.78 is 10.3. The predicted molar refractivity (Wildman–Crippen MR) is 60.0 cm³/mol. The largest absolute Gasteiger partial charge is 0.493 e. The molecule has 0 heterocycles. The van der Waals surface area contributed by atoms with Crippen molar-refractivity contribution in [3.8, 4) is 17.6 Å². The maximum Gasteiger partial charge on any atom is 0.321 e. The first-order chi connectivity index (χ1) is 8.13. The maximum absolute atomic E-state index is 10.8. The summed E-state index contributed by atoms with van der Waals surface area (Å²) in [4.78, 5) is 10.8. The lowest BCUT2D eigenvalue weighted by molar-refractivity contribution is -0.139. The molecule has 0 spiro atoms. The molecule has 0 saturated heterocycles. The van der Waals surface area contributed by atoms with E-state index in [0.717, 1.165) is 0 Å². The van der Waals surface area contributed by atoms with Gasteiger partial charge < -0.3 is 14.6 Å². The second kappa shape index (κ2) is 5.75. The van der Waals surface area contributed by atoms with Crippen LogP contribution < -0.4 is 9.47 Å². The van der Waals surface area contributed by atoms with Crippen molar-refractivity contribution < 1.29 is 19.4 Å². The number of nitrogens with zero attached hydrogens (tertiary/aromatic N) is 1. The van der Waals surface area contributed by atoms with Gasteiger partial charge in [0.1, 0.15) is 5.92 Å². The Morgan fingerprint density at radius 2 is 2.18 bits per heavy atom. The molecule has 0 aromatic heterocycles. The summed E-state index contributed by atoms with van der Waals surface area (Å²) >= 11 is 0. The number of benzene rings is 1. The number of carbonyl (C=O) groups is 1. The fraction of sp³-hybridized carbons (Fsp3) is 0.333. The minimum Gasteiger partial charge on any atom is -0.493 e. The summed E-state index contributed by atoms with van der Waals surface area (Å²) in [5.74, 6) is -1.24. The van der Waals surface area contributed by atoms with E-state index in [1.165, 1.54) is 14.2 Å². The Hall–Kier alpha value is -2.22. The Morgan fingerprint density at radius 1 is 1.47 bits per heavy atom. The van der Waals surface area contributed by atoms with E-state index in [2.05, 4.69) is 0 Å². The highest BCUT2D eigenvalue weighted by atomic mass is 16.5. The molecule has 1 atom stereocenters. The molecule has 0 aliphatic heterocycles. The first-order valence-corrected chi connectivity index (χ1v) is 4.96. The second-order valence-corrected chi connectivity index (χ2v) is 3.38. The van der Waals surface area contributed by atoms with Crippen molar-refractivity contribution in [1.82, 2.24) is 0 Å². The second-order valence-electron chi connectivity index (χ2n) is 3.38. The molecule has 90 valence electrons. The fourth-order valence-corrected chi connectivity index (χ4v) is 1.52. The van der Waals surface area contributed by atoms with Crippen LogP contribution in [0.25, 0.3) is 0 Å². The molecule has 5 nitrogen and oxygen atoms in total. The van der Waals surface area contributed by atoms with Gasteiger partial charge in [-0.05, 0) is 11.6 Å². The number of carboxylic acid groups (broad SMARTS) is 1. The lowest BCUT2D eigenvalue weighted by Gasteiger charge is -2.13. The molecule has 1 unspecified atom stereocenters. The van der Waals surface area contributed by atoms with Gasteiger partial charge in [0, 0.05) is 6.42 Å². The van der Waals surface area contributed by atoms with Crippen LogP contribution in [0, 0.1) is 17.2 Å². The van der Waals surface area contributed by atoms with Gasteiger partial charge in [0.25, 0.3) is 0 Å². The first kappa shape index (κ1) is 12.8. The van der Waals surface area contributed by atoms with Crippen molar-refractivity contribution in [2.45, 2.75) is 6.42 Å². The lowest BCUT2D eigenvalue weighted by Crippen LogP contribution is -2.14. The molecule has 17 heavy (non-hydrogen) atoms.